The van der Waals surface area contributed by atoms with Crippen molar-refractivity contribution in [3.05, 3.63) is 0 Å². The summed E-state index contributed by atoms with van der Waals surface area (Å²) in [6.45, 7) is -0.0289. The van der Waals surface area contributed by atoms with E-state index in [-0.39, 0.29) is 12.4 Å². The maximum absolute atomic E-state index is 10.1. The zero-order valence-corrected chi connectivity index (χ0v) is 4.96. The topological polar surface area (TPSA) is 57.0 Å². The van der Waals surface area contributed by atoms with Crippen LogP contribution in [0.4, 0.5) is 0 Å². The van der Waals surface area contributed by atoms with Crippen LogP contribution in [0, 0.1) is 0 Å². The van der Waals surface area contributed by atoms with E-state index < -0.39 is 9.84 Å². The van der Waals surface area contributed by atoms with Gasteiger partial charge >= 0.3 is 0 Å². The van der Waals surface area contributed by atoms with Gasteiger partial charge in [-0.2, -0.15) is 0 Å². The molecule has 0 aliphatic carbocycles. The molecule has 0 bridgehead atoms. The summed E-state index contributed by atoms with van der Waals surface area (Å²) < 4.78 is 20.2. The highest BCUT2D eigenvalue weighted by Crippen LogP contribution is 1.76. The van der Waals surface area contributed by atoms with Crippen LogP contribution in [0.1, 0.15) is 0 Å². The molecule has 0 aromatic carbocycles. The fraction of sp³-hybridized carbons (Fsp3) is 1.00. The molecular formula is C3H9O3S+. The molecular weight excluding hydrogens is 116 g/mol. The number of hydrogen-bond acceptors (Lipinski definition) is 2. The molecule has 3 nitrogen and oxygen atoms in total. The van der Waals surface area contributed by atoms with Crippen molar-refractivity contribution in [1.29, 1.82) is 0 Å². The maximum Gasteiger partial charge on any atom is 0.157 e. The van der Waals surface area contributed by atoms with Crippen molar-refractivity contribution in [2.45, 2.75) is 0 Å². The standard InChI is InChI=1S/C3H8O3S/c1-7(5,6)3-2-4/h4H,2-3H2,1H3/p+1. The molecule has 4 heteroatoms. The maximum atomic E-state index is 10.1. The predicted molar refractivity (Wildman–Crippen MR) is 28.2 cm³/mol. The van der Waals surface area contributed by atoms with E-state index in [1.54, 1.807) is 0 Å². The Kier molecular flexibility index (Phi) is 2.25. The van der Waals surface area contributed by atoms with Crippen molar-refractivity contribution in [2.24, 2.45) is 0 Å². The third kappa shape index (κ3) is 5.91. The number of rotatable bonds is 2. The highest BCUT2D eigenvalue weighted by Gasteiger charge is 1.99. The van der Waals surface area contributed by atoms with Gasteiger partial charge in [0.15, 0.2) is 16.4 Å². The molecule has 0 aromatic rings. The molecule has 2 N–H and O–H groups in total. The summed E-state index contributed by atoms with van der Waals surface area (Å²) in [5.41, 5.74) is 0. The quantitative estimate of drug-likeness (QED) is 0.433. The highest BCUT2D eigenvalue weighted by atomic mass is 32.2. The first-order valence-corrected chi connectivity index (χ1v) is 3.94. The lowest BCUT2D eigenvalue weighted by atomic mass is 10.9. The summed E-state index contributed by atoms with van der Waals surface area (Å²) >= 11 is 0. The van der Waals surface area contributed by atoms with Gasteiger partial charge in [0.2, 0.25) is 0 Å². The third-order valence-corrected chi connectivity index (χ3v) is 1.42. The summed E-state index contributed by atoms with van der Waals surface area (Å²) in [5.74, 6) is -0.0208. The number of hydrogen-bond donors (Lipinski definition) is 0. The molecule has 0 aromatic heterocycles. The molecule has 0 rings (SSSR count). The fourth-order valence-corrected chi connectivity index (χ4v) is 0.556. The van der Waals surface area contributed by atoms with E-state index in [2.05, 4.69) is 0 Å². The van der Waals surface area contributed by atoms with Crippen LogP contribution < -0.4 is 0 Å². The molecule has 0 spiro atoms. The Morgan fingerprint density at radius 3 is 2.00 bits per heavy atom. The van der Waals surface area contributed by atoms with E-state index in [4.69, 9.17) is 5.11 Å². The van der Waals surface area contributed by atoms with E-state index in [9.17, 15) is 8.42 Å². The number of sulfone groups is 1. The van der Waals surface area contributed by atoms with E-state index in [0.717, 1.165) is 6.26 Å². The highest BCUT2D eigenvalue weighted by molar-refractivity contribution is 7.90. The third-order valence-electron chi connectivity index (χ3n) is 0.473. The minimum Gasteiger partial charge on any atom is -0.445 e. The van der Waals surface area contributed by atoms with Gasteiger partial charge in [-0.25, -0.2) is 8.42 Å². The average molecular weight is 125 g/mol. The van der Waals surface area contributed by atoms with Gasteiger partial charge in [0.1, 0.15) is 5.75 Å². The smallest absolute Gasteiger partial charge is 0.157 e. The van der Waals surface area contributed by atoms with Crippen LogP contribution in [0.3, 0.4) is 0 Å². The lowest BCUT2D eigenvalue weighted by molar-refractivity contribution is 0.320. The lowest BCUT2D eigenvalue weighted by Gasteiger charge is -1.84. The van der Waals surface area contributed by atoms with Crippen LogP contribution in [0.25, 0.3) is 0 Å². The van der Waals surface area contributed by atoms with Gasteiger partial charge < -0.3 is 5.11 Å². The van der Waals surface area contributed by atoms with Crippen LogP contribution in [0.2, 0.25) is 0 Å². The largest absolute Gasteiger partial charge is 0.445 e. The Morgan fingerprint density at radius 2 is 2.00 bits per heavy atom. The SMILES string of the molecule is CS(=O)(=O)CC[OH2+]. The summed E-state index contributed by atoms with van der Waals surface area (Å²) in [6, 6.07) is 0. The van der Waals surface area contributed by atoms with Gasteiger partial charge in [-0.1, -0.05) is 0 Å². The Labute approximate surface area is 42.9 Å². The Morgan fingerprint density at radius 1 is 1.57 bits per heavy atom. The van der Waals surface area contributed by atoms with Crippen molar-refractivity contribution < 1.29 is 13.5 Å². The van der Waals surface area contributed by atoms with Crippen molar-refractivity contribution in [3.63, 3.8) is 0 Å². The normalized spacial score (nSPS) is 11.7. The summed E-state index contributed by atoms with van der Waals surface area (Å²) in [7, 11) is -2.86. The van der Waals surface area contributed by atoms with Gasteiger partial charge in [-0.05, 0) is 0 Å². The van der Waals surface area contributed by atoms with Gasteiger partial charge in [0.05, 0.1) is 0 Å². The van der Waals surface area contributed by atoms with Crippen LogP contribution >= 0.6 is 0 Å². The van der Waals surface area contributed by atoms with E-state index in [1.807, 2.05) is 0 Å². The summed E-state index contributed by atoms with van der Waals surface area (Å²) in [4.78, 5) is 0. The average Bonchev–Trinajstić information content (AvgIpc) is 1.30. The van der Waals surface area contributed by atoms with E-state index in [0.29, 0.717) is 0 Å². The summed E-state index contributed by atoms with van der Waals surface area (Å²) in [6.07, 6.45) is 1.13. The van der Waals surface area contributed by atoms with Crippen LogP contribution in [-0.4, -0.2) is 32.1 Å². The van der Waals surface area contributed by atoms with Gasteiger partial charge in [0, 0.05) is 6.26 Å². The molecule has 0 unspecified atom stereocenters. The summed E-state index contributed by atoms with van der Waals surface area (Å²) in [5, 5.41) is 6.48. The second-order valence-electron chi connectivity index (χ2n) is 1.38. The molecule has 0 aliphatic rings. The first kappa shape index (κ1) is 6.91. The zero-order valence-electron chi connectivity index (χ0n) is 4.14. The molecule has 44 valence electrons. The molecule has 0 atom stereocenters. The molecule has 0 radical (unpaired) electrons. The van der Waals surface area contributed by atoms with Crippen molar-refractivity contribution in [2.75, 3.05) is 18.6 Å². The molecule has 0 aliphatic heterocycles. The molecule has 0 heterocycles. The minimum atomic E-state index is -2.86. The second kappa shape index (κ2) is 2.28. The minimum absolute atomic E-state index is 0.0208. The van der Waals surface area contributed by atoms with Crippen molar-refractivity contribution in [3.8, 4) is 0 Å². The van der Waals surface area contributed by atoms with Crippen molar-refractivity contribution >= 4 is 9.84 Å². The van der Waals surface area contributed by atoms with Crippen LogP contribution in [0.5, 0.6) is 0 Å². The fourth-order valence-electron chi connectivity index (χ4n) is 0.185. The van der Waals surface area contributed by atoms with E-state index in [1.165, 1.54) is 0 Å². The monoisotopic (exact) mass is 125 g/mol. The second-order valence-corrected chi connectivity index (χ2v) is 3.64. The molecule has 0 saturated heterocycles. The molecule has 0 fully saturated rings. The Hall–Kier alpha value is -0.0900. The van der Waals surface area contributed by atoms with Gasteiger partial charge in [-0.3, -0.25) is 0 Å². The Balaban J connectivity index is 3.60. The van der Waals surface area contributed by atoms with Gasteiger partial charge in [-0.15, -0.1) is 0 Å². The first-order valence-electron chi connectivity index (χ1n) is 1.88. The lowest BCUT2D eigenvalue weighted by Crippen LogP contribution is -2.05. The molecule has 0 amide bonds. The van der Waals surface area contributed by atoms with Crippen molar-refractivity contribution in [1.82, 2.24) is 0 Å². The zero-order chi connectivity index (χ0) is 5.91. The predicted octanol–water partition coefficient (Wildman–Crippen LogP) is -1.24. The van der Waals surface area contributed by atoms with Crippen LogP contribution in [-0.2, 0) is 9.84 Å². The van der Waals surface area contributed by atoms with E-state index >= 15 is 0 Å². The molecule has 7 heavy (non-hydrogen) atoms. The van der Waals surface area contributed by atoms with Crippen LogP contribution in [0.15, 0.2) is 0 Å². The van der Waals surface area contributed by atoms with Gasteiger partial charge in [0.25, 0.3) is 0 Å². The Bertz CT molecular complexity index is 123. The first-order chi connectivity index (χ1) is 3.06. The molecule has 0 saturated carbocycles.